The van der Waals surface area contributed by atoms with Gasteiger partial charge in [0.05, 0.1) is 22.2 Å². The number of carbonyl (C=O) groups excluding carboxylic acids is 2. The maximum atomic E-state index is 13.0. The first-order valence-electron chi connectivity index (χ1n) is 9.85. The summed E-state index contributed by atoms with van der Waals surface area (Å²) in [7, 11) is 0. The van der Waals surface area contributed by atoms with Crippen molar-refractivity contribution < 1.29 is 9.59 Å². The molecular weight excluding hydrogens is 456 g/mol. The van der Waals surface area contributed by atoms with Crippen LogP contribution in [0.25, 0.3) is 10.9 Å². The van der Waals surface area contributed by atoms with Gasteiger partial charge in [0.1, 0.15) is 5.00 Å². The molecule has 1 aliphatic rings. The first kappa shape index (κ1) is 21.9. The Morgan fingerprint density at radius 1 is 1.35 bits per heavy atom. The molecule has 0 bridgehead atoms. The van der Waals surface area contributed by atoms with Crippen LogP contribution >= 0.6 is 34.7 Å². The third-order valence-corrected chi connectivity index (χ3v) is 7.50. The molecule has 1 aliphatic carbocycles. The number of rotatable bonds is 6. The molecule has 0 saturated carbocycles. The molecule has 2 aromatic heterocycles. The van der Waals surface area contributed by atoms with Crippen LogP contribution in [0, 0.1) is 0 Å². The molecule has 2 heterocycles. The van der Waals surface area contributed by atoms with E-state index < -0.39 is 5.91 Å². The van der Waals surface area contributed by atoms with Crippen molar-refractivity contribution in [3.8, 4) is 0 Å². The molecule has 162 valence electrons. The van der Waals surface area contributed by atoms with E-state index in [-0.39, 0.29) is 23.3 Å². The number of thioether (sulfide) groups is 1. The van der Waals surface area contributed by atoms with Crippen LogP contribution in [0.5, 0.6) is 0 Å². The molecule has 0 aliphatic heterocycles. The van der Waals surface area contributed by atoms with Crippen molar-refractivity contribution in [3.63, 3.8) is 0 Å². The van der Waals surface area contributed by atoms with Gasteiger partial charge < -0.3 is 11.1 Å². The molecule has 3 aromatic rings. The van der Waals surface area contributed by atoms with Crippen LogP contribution in [0.2, 0.25) is 5.02 Å². The molecule has 0 radical (unpaired) electrons. The van der Waals surface area contributed by atoms with Crippen LogP contribution in [-0.2, 0) is 17.6 Å². The Kier molecular flexibility index (Phi) is 6.09. The first-order chi connectivity index (χ1) is 14.8. The van der Waals surface area contributed by atoms with Crippen LogP contribution in [0.15, 0.2) is 28.2 Å². The standard InChI is InChI=1S/C21H21ClN4O3S2/c1-10(2)26-20(29)12-7-6-11(22)8-14(12)24-21(26)30-9-16(27)25-19-17(18(23)28)13-4-3-5-15(13)31-19/h6-8,10H,3-5,9H2,1-2H3,(H2,23,28)(H,25,27). The van der Waals surface area contributed by atoms with Gasteiger partial charge >= 0.3 is 0 Å². The summed E-state index contributed by atoms with van der Waals surface area (Å²) in [6.07, 6.45) is 2.70. The lowest BCUT2D eigenvalue weighted by atomic mass is 10.1. The van der Waals surface area contributed by atoms with Crippen molar-refractivity contribution in [2.24, 2.45) is 5.73 Å². The fourth-order valence-corrected chi connectivity index (χ4v) is 6.16. The highest BCUT2D eigenvalue weighted by Crippen LogP contribution is 2.39. The Morgan fingerprint density at radius 2 is 2.13 bits per heavy atom. The van der Waals surface area contributed by atoms with Crippen molar-refractivity contribution in [2.75, 3.05) is 11.1 Å². The smallest absolute Gasteiger partial charge is 0.262 e. The third kappa shape index (κ3) is 4.22. The second-order valence-electron chi connectivity index (χ2n) is 7.59. The van der Waals surface area contributed by atoms with E-state index in [1.54, 1.807) is 22.8 Å². The molecule has 31 heavy (non-hydrogen) atoms. The van der Waals surface area contributed by atoms with E-state index in [4.69, 9.17) is 17.3 Å². The largest absolute Gasteiger partial charge is 0.365 e. The topological polar surface area (TPSA) is 107 Å². The zero-order valence-electron chi connectivity index (χ0n) is 17.0. The Labute approximate surface area is 192 Å². The number of carbonyl (C=O) groups is 2. The SMILES string of the molecule is CC(C)n1c(SCC(=O)Nc2sc3c(c2C(N)=O)CCC3)nc2cc(Cl)ccc2c1=O. The summed E-state index contributed by atoms with van der Waals surface area (Å²) in [4.78, 5) is 43.2. The van der Waals surface area contributed by atoms with Crippen molar-refractivity contribution in [1.82, 2.24) is 9.55 Å². The van der Waals surface area contributed by atoms with Gasteiger partial charge in [-0.15, -0.1) is 11.3 Å². The van der Waals surface area contributed by atoms with Crippen LogP contribution in [0.3, 0.4) is 0 Å². The van der Waals surface area contributed by atoms with Gasteiger partial charge in [-0.05, 0) is 56.9 Å². The number of nitrogens with zero attached hydrogens (tertiary/aromatic N) is 2. The van der Waals surface area contributed by atoms with E-state index in [1.165, 1.54) is 23.1 Å². The summed E-state index contributed by atoms with van der Waals surface area (Å²) in [5.74, 6) is -0.779. The van der Waals surface area contributed by atoms with Gasteiger partial charge in [0.2, 0.25) is 5.91 Å². The molecule has 7 nitrogen and oxygen atoms in total. The molecule has 2 amide bonds. The molecule has 0 fully saturated rings. The normalized spacial score (nSPS) is 13.0. The van der Waals surface area contributed by atoms with E-state index in [0.29, 0.717) is 31.6 Å². The number of thiophene rings is 1. The fourth-order valence-electron chi connectivity index (χ4n) is 3.75. The minimum atomic E-state index is -0.524. The molecular formula is C21H21ClN4O3S2. The molecule has 4 rings (SSSR count). The van der Waals surface area contributed by atoms with Gasteiger partial charge in [0, 0.05) is 15.9 Å². The van der Waals surface area contributed by atoms with Gasteiger partial charge in [0.25, 0.3) is 11.5 Å². The predicted molar refractivity (Wildman–Crippen MR) is 126 cm³/mol. The molecule has 10 heteroatoms. The van der Waals surface area contributed by atoms with Crippen molar-refractivity contribution >= 4 is 62.4 Å². The van der Waals surface area contributed by atoms with Gasteiger partial charge in [-0.1, -0.05) is 23.4 Å². The number of aryl methyl sites for hydroxylation is 1. The molecule has 0 atom stereocenters. The predicted octanol–water partition coefficient (Wildman–Crippen LogP) is 4.01. The first-order valence-corrected chi connectivity index (χ1v) is 12.0. The number of hydrogen-bond acceptors (Lipinski definition) is 6. The lowest BCUT2D eigenvalue weighted by Gasteiger charge is -2.16. The second-order valence-corrected chi connectivity index (χ2v) is 10.1. The summed E-state index contributed by atoms with van der Waals surface area (Å²) in [6.45, 7) is 3.78. The number of fused-ring (bicyclic) bond motifs is 2. The number of benzene rings is 1. The molecule has 0 spiro atoms. The van der Waals surface area contributed by atoms with Crippen LogP contribution in [0.4, 0.5) is 5.00 Å². The Bertz CT molecular complexity index is 1270. The number of aromatic nitrogens is 2. The summed E-state index contributed by atoms with van der Waals surface area (Å²) in [6, 6.07) is 4.83. The number of hydrogen-bond donors (Lipinski definition) is 2. The number of primary amides is 1. The summed E-state index contributed by atoms with van der Waals surface area (Å²) in [5.41, 5.74) is 7.26. The van der Waals surface area contributed by atoms with Gasteiger partial charge in [-0.3, -0.25) is 19.0 Å². The quantitative estimate of drug-likeness (QED) is 0.413. The lowest BCUT2D eigenvalue weighted by Crippen LogP contribution is -2.26. The van der Waals surface area contributed by atoms with Crippen molar-refractivity contribution in [3.05, 3.63) is 49.6 Å². The summed E-state index contributed by atoms with van der Waals surface area (Å²) in [5, 5.41) is 4.73. The molecule has 3 N–H and O–H groups in total. The molecule has 0 saturated heterocycles. The monoisotopic (exact) mass is 476 g/mol. The van der Waals surface area contributed by atoms with E-state index in [2.05, 4.69) is 10.3 Å². The third-order valence-electron chi connectivity index (χ3n) is 5.10. The lowest BCUT2D eigenvalue weighted by molar-refractivity contribution is -0.113. The van der Waals surface area contributed by atoms with Gasteiger partial charge in [-0.2, -0.15) is 0 Å². The number of nitrogens with one attached hydrogen (secondary N) is 1. The average Bonchev–Trinajstić information content (AvgIpc) is 3.26. The maximum Gasteiger partial charge on any atom is 0.262 e. The number of halogens is 1. The fraction of sp³-hybridized carbons (Fsp3) is 0.333. The zero-order valence-corrected chi connectivity index (χ0v) is 19.4. The highest BCUT2D eigenvalue weighted by molar-refractivity contribution is 7.99. The number of amides is 2. The number of anilines is 1. The van der Waals surface area contributed by atoms with E-state index in [1.807, 2.05) is 13.8 Å². The highest BCUT2D eigenvalue weighted by Gasteiger charge is 2.26. The number of nitrogens with two attached hydrogens (primary N) is 1. The van der Waals surface area contributed by atoms with E-state index >= 15 is 0 Å². The van der Waals surface area contributed by atoms with Gasteiger partial charge in [0.15, 0.2) is 5.16 Å². The molecule has 1 aromatic carbocycles. The van der Waals surface area contributed by atoms with Crippen molar-refractivity contribution in [1.29, 1.82) is 0 Å². The minimum absolute atomic E-state index is 0.0337. The van der Waals surface area contributed by atoms with Crippen LogP contribution in [0.1, 0.15) is 47.1 Å². The van der Waals surface area contributed by atoms with E-state index in [0.717, 1.165) is 29.7 Å². The zero-order chi connectivity index (χ0) is 22.3. The van der Waals surface area contributed by atoms with Crippen LogP contribution in [-0.4, -0.2) is 27.1 Å². The second kappa shape index (κ2) is 8.64. The average molecular weight is 477 g/mol. The summed E-state index contributed by atoms with van der Waals surface area (Å²) < 4.78 is 1.57. The van der Waals surface area contributed by atoms with E-state index in [9.17, 15) is 14.4 Å². The summed E-state index contributed by atoms with van der Waals surface area (Å²) >= 11 is 8.64. The maximum absolute atomic E-state index is 13.0. The van der Waals surface area contributed by atoms with Gasteiger partial charge in [-0.25, -0.2) is 4.98 Å². The molecule has 0 unspecified atom stereocenters. The van der Waals surface area contributed by atoms with Crippen molar-refractivity contribution in [2.45, 2.75) is 44.3 Å². The van der Waals surface area contributed by atoms with Crippen LogP contribution < -0.4 is 16.6 Å². The Balaban J connectivity index is 1.58. The Hall–Kier alpha value is -2.36. The minimum Gasteiger partial charge on any atom is -0.365 e. The Morgan fingerprint density at radius 3 is 2.84 bits per heavy atom. The highest BCUT2D eigenvalue weighted by atomic mass is 35.5.